The summed E-state index contributed by atoms with van der Waals surface area (Å²) >= 11 is 0. The molecular weight excluding hydrogens is 170 g/mol. The van der Waals surface area contributed by atoms with E-state index in [1.807, 2.05) is 7.05 Å². The number of benzene rings is 1. The first-order valence-electron chi connectivity index (χ1n) is 5.39. The lowest BCUT2D eigenvalue weighted by Gasteiger charge is -2.28. The summed E-state index contributed by atoms with van der Waals surface area (Å²) in [5.41, 5.74) is 1.82. The van der Waals surface area contributed by atoms with Gasteiger partial charge in [-0.3, -0.25) is 0 Å². The van der Waals surface area contributed by atoms with Crippen LogP contribution < -0.4 is 5.32 Å². The maximum Gasteiger partial charge on any atom is 0.000524 e. The van der Waals surface area contributed by atoms with Crippen molar-refractivity contribution >= 4 is 0 Å². The summed E-state index contributed by atoms with van der Waals surface area (Å²) in [6.45, 7) is 5.69. The molecule has 0 amide bonds. The second-order valence-corrected chi connectivity index (χ2v) is 4.36. The molecule has 1 aromatic carbocycles. The molecule has 14 heavy (non-hydrogen) atoms. The molecule has 0 spiro atoms. The molecule has 0 radical (unpaired) electrons. The van der Waals surface area contributed by atoms with Gasteiger partial charge in [0.25, 0.3) is 0 Å². The van der Waals surface area contributed by atoms with Crippen molar-refractivity contribution in [3.8, 4) is 0 Å². The predicted octanol–water partition coefficient (Wildman–Crippen LogP) is 2.86. The molecule has 0 heterocycles. The first-order valence-corrected chi connectivity index (χ1v) is 5.39. The second-order valence-electron chi connectivity index (χ2n) is 4.36. The van der Waals surface area contributed by atoms with Crippen LogP contribution in [0.15, 0.2) is 30.3 Å². The zero-order valence-corrected chi connectivity index (χ0v) is 9.51. The molecule has 0 aliphatic carbocycles. The number of nitrogens with one attached hydrogen (secondary N) is 1. The van der Waals surface area contributed by atoms with Crippen molar-refractivity contribution in [3.05, 3.63) is 35.9 Å². The summed E-state index contributed by atoms with van der Waals surface area (Å²) in [4.78, 5) is 0. The van der Waals surface area contributed by atoms with Crippen molar-refractivity contribution in [2.24, 2.45) is 5.41 Å². The van der Waals surface area contributed by atoms with Crippen LogP contribution in [0, 0.1) is 5.41 Å². The van der Waals surface area contributed by atoms with Crippen LogP contribution in [0.1, 0.15) is 25.8 Å². The van der Waals surface area contributed by atoms with Gasteiger partial charge in [-0.25, -0.2) is 0 Å². The molecule has 0 aliphatic rings. The summed E-state index contributed by atoms with van der Waals surface area (Å²) < 4.78 is 0. The number of hydrogen-bond donors (Lipinski definition) is 1. The average Bonchev–Trinajstić information content (AvgIpc) is 2.20. The molecule has 1 unspecified atom stereocenters. The molecule has 1 atom stereocenters. The lowest BCUT2D eigenvalue weighted by Crippen LogP contribution is -2.31. The minimum Gasteiger partial charge on any atom is -0.319 e. The van der Waals surface area contributed by atoms with Crippen molar-refractivity contribution in [3.63, 3.8) is 0 Å². The van der Waals surface area contributed by atoms with Crippen LogP contribution in [0.2, 0.25) is 0 Å². The summed E-state index contributed by atoms with van der Waals surface area (Å²) in [6, 6.07) is 10.7. The van der Waals surface area contributed by atoms with E-state index in [4.69, 9.17) is 0 Å². The molecule has 0 aromatic heterocycles. The van der Waals surface area contributed by atoms with Gasteiger partial charge in [0.2, 0.25) is 0 Å². The molecule has 1 N–H and O–H groups in total. The van der Waals surface area contributed by atoms with E-state index in [-0.39, 0.29) is 0 Å². The average molecular weight is 191 g/mol. The van der Waals surface area contributed by atoms with Crippen LogP contribution in [0.25, 0.3) is 0 Å². The second kappa shape index (κ2) is 5.16. The van der Waals surface area contributed by atoms with Gasteiger partial charge in [-0.1, -0.05) is 44.2 Å². The monoisotopic (exact) mass is 191 g/mol. The third-order valence-electron chi connectivity index (χ3n) is 2.93. The molecule has 0 aliphatic heterocycles. The van der Waals surface area contributed by atoms with Gasteiger partial charge in [0, 0.05) is 6.54 Å². The van der Waals surface area contributed by atoms with Gasteiger partial charge < -0.3 is 5.32 Å². The zero-order chi connectivity index (χ0) is 10.4. The Morgan fingerprint density at radius 1 is 1.21 bits per heavy atom. The van der Waals surface area contributed by atoms with E-state index in [1.165, 1.54) is 12.0 Å². The van der Waals surface area contributed by atoms with Crippen LogP contribution in [-0.2, 0) is 6.42 Å². The summed E-state index contributed by atoms with van der Waals surface area (Å²) in [5.74, 6) is 0. The summed E-state index contributed by atoms with van der Waals surface area (Å²) in [5, 5.41) is 3.28. The van der Waals surface area contributed by atoms with Crippen molar-refractivity contribution in [2.45, 2.75) is 26.7 Å². The highest BCUT2D eigenvalue weighted by Crippen LogP contribution is 2.25. The molecule has 1 rings (SSSR count). The van der Waals surface area contributed by atoms with Gasteiger partial charge in [0.1, 0.15) is 0 Å². The summed E-state index contributed by atoms with van der Waals surface area (Å²) in [6.07, 6.45) is 2.37. The standard InChI is InChI=1S/C13H21N/c1-4-13(2,11-14-3)10-12-8-6-5-7-9-12/h5-9,14H,4,10-11H2,1-3H3. The van der Waals surface area contributed by atoms with E-state index in [2.05, 4.69) is 49.5 Å². The van der Waals surface area contributed by atoms with E-state index in [0.29, 0.717) is 5.41 Å². The minimum atomic E-state index is 0.385. The lowest BCUT2D eigenvalue weighted by molar-refractivity contribution is 0.299. The molecular formula is C13H21N. The Morgan fingerprint density at radius 3 is 2.36 bits per heavy atom. The fourth-order valence-electron chi connectivity index (χ4n) is 1.83. The largest absolute Gasteiger partial charge is 0.319 e. The van der Waals surface area contributed by atoms with Gasteiger partial charge in [0.05, 0.1) is 0 Å². The minimum absolute atomic E-state index is 0.385. The van der Waals surface area contributed by atoms with Gasteiger partial charge in [0.15, 0.2) is 0 Å². The fourth-order valence-corrected chi connectivity index (χ4v) is 1.83. The number of rotatable bonds is 5. The van der Waals surface area contributed by atoms with E-state index >= 15 is 0 Å². The van der Waals surface area contributed by atoms with Gasteiger partial charge in [-0.05, 0) is 30.9 Å². The maximum atomic E-state index is 3.28. The van der Waals surface area contributed by atoms with E-state index < -0.39 is 0 Å². The van der Waals surface area contributed by atoms with Crippen LogP contribution in [0.3, 0.4) is 0 Å². The molecule has 0 fully saturated rings. The molecule has 0 saturated carbocycles. The lowest BCUT2D eigenvalue weighted by atomic mass is 9.81. The quantitative estimate of drug-likeness (QED) is 0.754. The van der Waals surface area contributed by atoms with Crippen molar-refractivity contribution in [1.82, 2.24) is 5.32 Å². The topological polar surface area (TPSA) is 12.0 Å². The van der Waals surface area contributed by atoms with Crippen LogP contribution in [0.4, 0.5) is 0 Å². The Hall–Kier alpha value is -0.820. The molecule has 1 heteroatoms. The Bertz CT molecular complexity index is 255. The van der Waals surface area contributed by atoms with Crippen molar-refractivity contribution < 1.29 is 0 Å². The van der Waals surface area contributed by atoms with Crippen molar-refractivity contribution in [2.75, 3.05) is 13.6 Å². The Balaban J connectivity index is 2.65. The number of hydrogen-bond acceptors (Lipinski definition) is 1. The third kappa shape index (κ3) is 3.15. The fraction of sp³-hybridized carbons (Fsp3) is 0.538. The first-order chi connectivity index (χ1) is 6.70. The highest BCUT2D eigenvalue weighted by Gasteiger charge is 2.21. The van der Waals surface area contributed by atoms with Gasteiger partial charge in [-0.2, -0.15) is 0 Å². The van der Waals surface area contributed by atoms with E-state index in [0.717, 1.165) is 13.0 Å². The SMILES string of the molecule is CCC(C)(CNC)Cc1ccccc1. The Labute approximate surface area is 87.5 Å². The molecule has 1 aromatic rings. The molecule has 78 valence electrons. The molecule has 0 bridgehead atoms. The Morgan fingerprint density at radius 2 is 1.86 bits per heavy atom. The van der Waals surface area contributed by atoms with Crippen molar-refractivity contribution in [1.29, 1.82) is 0 Å². The van der Waals surface area contributed by atoms with Gasteiger partial charge in [-0.15, -0.1) is 0 Å². The molecule has 0 saturated heterocycles. The maximum absolute atomic E-state index is 3.28. The highest BCUT2D eigenvalue weighted by molar-refractivity contribution is 5.16. The van der Waals surface area contributed by atoms with E-state index in [9.17, 15) is 0 Å². The van der Waals surface area contributed by atoms with Crippen LogP contribution in [-0.4, -0.2) is 13.6 Å². The third-order valence-corrected chi connectivity index (χ3v) is 2.93. The normalized spacial score (nSPS) is 15.1. The Kier molecular flexibility index (Phi) is 4.15. The summed E-state index contributed by atoms with van der Waals surface area (Å²) in [7, 11) is 2.03. The van der Waals surface area contributed by atoms with Crippen LogP contribution in [0.5, 0.6) is 0 Å². The smallest absolute Gasteiger partial charge is 0.000524 e. The zero-order valence-electron chi connectivity index (χ0n) is 9.51. The van der Waals surface area contributed by atoms with Crippen LogP contribution >= 0.6 is 0 Å². The molecule has 1 nitrogen and oxygen atoms in total. The first kappa shape index (κ1) is 11.3. The van der Waals surface area contributed by atoms with E-state index in [1.54, 1.807) is 0 Å². The predicted molar refractivity (Wildman–Crippen MR) is 62.5 cm³/mol. The van der Waals surface area contributed by atoms with Gasteiger partial charge >= 0.3 is 0 Å². The highest BCUT2D eigenvalue weighted by atomic mass is 14.8.